The molecule has 0 bridgehead atoms. The van der Waals surface area contributed by atoms with Crippen LogP contribution in [0.5, 0.6) is 0 Å². The highest BCUT2D eigenvalue weighted by Crippen LogP contribution is 2.59. The summed E-state index contributed by atoms with van der Waals surface area (Å²) in [6.07, 6.45) is -12.6. The first kappa shape index (κ1) is 77.4. The van der Waals surface area contributed by atoms with E-state index in [2.05, 4.69) is 114 Å². The van der Waals surface area contributed by atoms with E-state index in [0.29, 0.717) is 0 Å². The van der Waals surface area contributed by atoms with E-state index < -0.39 is 153 Å². The van der Waals surface area contributed by atoms with E-state index in [1.807, 2.05) is 0 Å². The number of ether oxygens (including phenoxy) is 4. The van der Waals surface area contributed by atoms with Crippen molar-refractivity contribution in [2.45, 2.75) is 140 Å². The Labute approximate surface area is 591 Å². The molecule has 40 nitrogen and oxygen atoms in total. The zero-order chi connectivity index (χ0) is 73.3. The molecular weight excluding hydrogens is 1470 g/mol. The van der Waals surface area contributed by atoms with Crippen LogP contribution in [0.2, 0.25) is 0 Å². The first-order valence-electron chi connectivity index (χ1n) is 32.3. The molecule has 6 fully saturated rings. The Bertz CT molecular complexity index is 3880. The van der Waals surface area contributed by atoms with Crippen molar-refractivity contribution >= 4 is 121 Å². The van der Waals surface area contributed by atoms with Gasteiger partial charge in [0.15, 0.2) is 83.1 Å². The number of aliphatic hydroxyl groups is 2. The smallest absolute Gasteiger partial charge is 0.386 e. The van der Waals surface area contributed by atoms with Crippen LogP contribution < -0.4 is 32.7 Å². The Balaban J connectivity index is 0.000000173. The Morgan fingerprint density at radius 1 is 0.461 bits per heavy atom. The van der Waals surface area contributed by atoms with Crippen LogP contribution in [-0.4, -0.2) is 246 Å². The van der Waals surface area contributed by atoms with Crippen LogP contribution in [0.15, 0.2) is 50.6 Å². The van der Waals surface area contributed by atoms with Crippen LogP contribution in [0.25, 0.3) is 44.7 Å². The van der Waals surface area contributed by atoms with E-state index in [9.17, 15) is 28.8 Å². The van der Waals surface area contributed by atoms with Gasteiger partial charge in [0.1, 0.15) is 108 Å². The predicted molar refractivity (Wildman–Crippen MR) is 365 cm³/mol. The fourth-order valence-electron chi connectivity index (χ4n) is 12.1. The number of fused-ring (bicyclic) bond motifs is 8. The van der Waals surface area contributed by atoms with E-state index in [1.165, 1.54) is 108 Å². The molecular formula is C54H82F2N22O18P4S2+2. The molecule has 8 aromatic rings. The summed E-state index contributed by atoms with van der Waals surface area (Å²) in [6.45, 7) is 12.7. The summed E-state index contributed by atoms with van der Waals surface area (Å²) >= 11 is 9.29. The van der Waals surface area contributed by atoms with Gasteiger partial charge in [-0.2, -0.15) is 0 Å². The quantitative estimate of drug-likeness (QED) is 0.0675. The van der Waals surface area contributed by atoms with Gasteiger partial charge in [0, 0.05) is 13.3 Å². The fourth-order valence-corrected chi connectivity index (χ4v) is 17.4. The maximum absolute atomic E-state index is 16.0. The molecule has 14 heterocycles. The summed E-state index contributed by atoms with van der Waals surface area (Å²) in [4.78, 5) is 63.0. The summed E-state index contributed by atoms with van der Waals surface area (Å²) in [6, 6.07) is 0. The van der Waals surface area contributed by atoms with E-state index in [-0.39, 0.29) is 67.9 Å². The van der Waals surface area contributed by atoms with Gasteiger partial charge in [-0.25, -0.2) is 73.2 Å². The maximum Gasteiger partial charge on any atom is 0.386 e. The molecule has 13 N–H and O–H groups in total. The number of thiol groups is 1. The maximum atomic E-state index is 16.0. The van der Waals surface area contributed by atoms with Crippen molar-refractivity contribution in [2.75, 3.05) is 102 Å². The minimum Gasteiger partial charge on any atom is -0.386 e. The molecule has 0 amide bonds. The summed E-state index contributed by atoms with van der Waals surface area (Å²) in [5.74, 6) is 0.359. The summed E-state index contributed by atoms with van der Waals surface area (Å²) in [5.41, 5.74) is 25.2. The number of hydrogen-bond acceptors (Lipinski definition) is 34. The van der Waals surface area contributed by atoms with E-state index >= 15 is 8.78 Å². The monoisotopic (exact) mass is 1550 g/mol. The van der Waals surface area contributed by atoms with Gasteiger partial charge in [0.05, 0.1) is 91.0 Å². The Kier molecular flexibility index (Phi) is 24.4. The number of aromatic nitrogens is 16. The minimum absolute atomic E-state index is 0.0728. The van der Waals surface area contributed by atoms with Crippen molar-refractivity contribution in [1.29, 1.82) is 0 Å². The molecule has 6 aliphatic rings. The molecule has 2 unspecified atom stereocenters. The van der Waals surface area contributed by atoms with Crippen LogP contribution in [0.3, 0.4) is 0 Å². The number of anilines is 4. The molecule has 20 atom stereocenters. The lowest BCUT2D eigenvalue weighted by molar-refractivity contribution is -0.894. The molecule has 0 radical (unpaired) electrons. The van der Waals surface area contributed by atoms with Gasteiger partial charge in [0.2, 0.25) is 0 Å². The average Bonchev–Trinajstić information content (AvgIpc) is 1.63. The second-order valence-electron chi connectivity index (χ2n) is 24.0. The molecule has 48 heteroatoms. The first-order chi connectivity index (χ1) is 48.5. The van der Waals surface area contributed by atoms with Gasteiger partial charge in [0.25, 0.3) is 0 Å². The molecule has 102 heavy (non-hydrogen) atoms. The standard InChI is InChI=1S/2C21H25FN10O9P2S.2C6H15N/c2*1-42(34)36-2-9-15(13(33)21(39-9)32-7-30-12-17(24)26-5-28-19(12)32)41-43(35,44)37-3-8-14(40-42)10(22)20(38-8)31-6-29-11-16(23)25-4-27-18(11)31;2*1-4-7(5-2)6-3/h2*4-10,13-15,20-21,33H,2-3H2,1H3,(H,35,44)(H2,23,25,27)(H2,24,26,28);2*4-6H2,1-3H3/p+2/t8-,9-,10-,13-,14-,15-,20-,21-,42+,43?;8-,9-,10-,13-,14-,15-,20-,21-,42-,43?;;/m11../s1. The number of nitrogens with two attached hydrogens (primary N) is 4. The lowest BCUT2D eigenvalue weighted by Gasteiger charge is -2.29. The summed E-state index contributed by atoms with van der Waals surface area (Å²) in [5, 5.41) is 22.5. The number of aliphatic hydroxyl groups excluding tert-OH is 2. The third-order valence-corrected chi connectivity index (χ3v) is 23.3. The van der Waals surface area contributed by atoms with Crippen LogP contribution in [0, 0.1) is 0 Å². The molecule has 0 aliphatic carbocycles. The number of nitrogen functional groups attached to an aromatic ring is 4. The molecule has 0 spiro atoms. The lowest BCUT2D eigenvalue weighted by atomic mass is 10.1. The van der Waals surface area contributed by atoms with Crippen molar-refractivity contribution in [3.05, 3.63) is 50.6 Å². The second kappa shape index (κ2) is 32.2. The molecule has 0 saturated carbocycles. The highest BCUT2D eigenvalue weighted by atomic mass is 32.7. The number of halogens is 2. The number of nitrogens with one attached hydrogen (secondary N) is 2. The third-order valence-electron chi connectivity index (χ3n) is 17.7. The second-order valence-corrected chi connectivity index (χ2v) is 33.7. The molecule has 14 rings (SSSR count). The number of imidazole rings is 4. The van der Waals surface area contributed by atoms with E-state index in [0.717, 1.165) is 13.3 Å². The highest BCUT2D eigenvalue weighted by molar-refractivity contribution is 8.44. The zero-order valence-corrected chi connectivity index (χ0v) is 61.5. The number of quaternary nitrogens is 2. The number of nitrogens with zero attached hydrogens (tertiary/aromatic N) is 16. The number of alkyl halides is 2. The predicted octanol–water partition coefficient (Wildman–Crippen LogP) is 1.05. The number of hydrogen-bond donors (Lipinski definition) is 10. The SMILES string of the molecule is CC[NH+](CC)CC.CC[NH+](CC)CC.C[P@@]1(=O)OC[C@H]2O[C@@H](n3cnc4c(N)ncnc43)[C@H](O)[C@@H]2OP(O)(=S)OC[C@H]2O[C@@H](n3cnc4c(N)ncnc43)[C@H](F)[C@@H]2O1.C[P@]1(=O)OC[C@H]2O[C@@H](n3cnc4c(N)ncnc43)[C@H](O)[C@@H]2OP(=O)(S)OC[C@H]2O[C@@H](n3cnc4c(N)ncnc43)[C@H](F)[C@@H]2O1. The van der Waals surface area contributed by atoms with Gasteiger partial charge in [-0.15, -0.1) is 0 Å². The molecule has 8 aromatic heterocycles. The van der Waals surface area contributed by atoms with Gasteiger partial charge in [-0.1, -0.05) is 12.2 Å². The van der Waals surface area contributed by atoms with Crippen molar-refractivity contribution in [2.24, 2.45) is 0 Å². The zero-order valence-electron chi connectivity index (χ0n) is 56.3. The van der Waals surface area contributed by atoms with Crippen LogP contribution in [0.1, 0.15) is 66.5 Å². The third kappa shape index (κ3) is 16.6. The fraction of sp³-hybridized carbons (Fsp3) is 0.630. The molecule has 0 aromatic carbocycles. The molecule has 6 aliphatic heterocycles. The molecule has 6 saturated heterocycles. The molecule has 560 valence electrons. The Morgan fingerprint density at radius 3 is 1.07 bits per heavy atom. The largest absolute Gasteiger partial charge is 0.386 e. The lowest BCUT2D eigenvalue weighted by Crippen LogP contribution is -3.11. The van der Waals surface area contributed by atoms with Crippen molar-refractivity contribution in [3.63, 3.8) is 0 Å². The van der Waals surface area contributed by atoms with Crippen molar-refractivity contribution in [1.82, 2.24) is 78.1 Å². The highest BCUT2D eigenvalue weighted by Gasteiger charge is 2.56. The average molecular weight is 1550 g/mol. The Hall–Kier alpha value is -5.73. The summed E-state index contributed by atoms with van der Waals surface area (Å²) < 4.78 is 146. The Morgan fingerprint density at radius 2 is 0.745 bits per heavy atom. The van der Waals surface area contributed by atoms with Gasteiger partial charge >= 0.3 is 28.7 Å². The minimum atomic E-state index is -4.29. The topological polar surface area (TPSA) is 510 Å². The normalized spacial score (nSPS) is 34.4. The van der Waals surface area contributed by atoms with E-state index in [1.54, 1.807) is 9.80 Å². The van der Waals surface area contributed by atoms with Gasteiger partial charge in [-0.3, -0.25) is 50.0 Å². The van der Waals surface area contributed by atoms with Crippen LogP contribution in [0.4, 0.5) is 32.1 Å². The van der Waals surface area contributed by atoms with Crippen molar-refractivity contribution < 1.29 is 103 Å². The van der Waals surface area contributed by atoms with Gasteiger partial charge < -0.3 is 80.4 Å². The number of rotatable bonds is 10. The summed E-state index contributed by atoms with van der Waals surface area (Å²) in [7, 11) is -8.07. The van der Waals surface area contributed by atoms with Gasteiger partial charge in [-0.05, 0) is 53.3 Å². The van der Waals surface area contributed by atoms with Crippen LogP contribution in [-0.2, 0) is 80.6 Å². The van der Waals surface area contributed by atoms with Crippen molar-refractivity contribution in [3.8, 4) is 0 Å². The van der Waals surface area contributed by atoms with Crippen LogP contribution >= 0.6 is 41.0 Å². The van der Waals surface area contributed by atoms with E-state index in [4.69, 9.17) is 89.9 Å². The first-order valence-corrected chi connectivity index (χ1v) is 41.6.